The Kier molecular flexibility index (Phi) is 2.86. The van der Waals surface area contributed by atoms with Crippen molar-refractivity contribution in [1.82, 2.24) is 10.3 Å². The molecule has 82 valence electrons. The van der Waals surface area contributed by atoms with Gasteiger partial charge in [0.25, 0.3) is 0 Å². The predicted molar refractivity (Wildman–Crippen MR) is 62.0 cm³/mol. The van der Waals surface area contributed by atoms with E-state index in [0.29, 0.717) is 28.3 Å². The molecule has 0 aromatic heterocycles. The summed E-state index contributed by atoms with van der Waals surface area (Å²) in [5.74, 6) is 6.40. The molecule has 2 aliphatic rings. The molecule has 1 unspecified atom stereocenters. The van der Waals surface area contributed by atoms with Gasteiger partial charge in [0.2, 0.25) is 0 Å². The summed E-state index contributed by atoms with van der Waals surface area (Å²) in [5.41, 5.74) is 0.580. The summed E-state index contributed by atoms with van der Waals surface area (Å²) in [6, 6.07) is 0. The van der Waals surface area contributed by atoms with Gasteiger partial charge in [-0.3, -0.25) is 10.0 Å². The van der Waals surface area contributed by atoms with Gasteiger partial charge in [-0.1, -0.05) is 23.2 Å². The SMILES string of the molecule is CC1N=C(Cl)C(C2=NCCN2)=C(Cl)N1N. The van der Waals surface area contributed by atoms with Gasteiger partial charge in [0.1, 0.15) is 22.3 Å². The number of hydrogen-bond acceptors (Lipinski definition) is 5. The van der Waals surface area contributed by atoms with Crippen LogP contribution in [0.1, 0.15) is 6.92 Å². The summed E-state index contributed by atoms with van der Waals surface area (Å²) in [6.45, 7) is 3.31. The molecule has 0 amide bonds. The van der Waals surface area contributed by atoms with E-state index in [2.05, 4.69) is 15.3 Å². The highest BCUT2D eigenvalue weighted by Crippen LogP contribution is 2.24. The molecule has 2 rings (SSSR count). The van der Waals surface area contributed by atoms with Gasteiger partial charge in [-0.05, 0) is 6.92 Å². The number of hydrazine groups is 1. The Morgan fingerprint density at radius 3 is 2.87 bits per heavy atom. The molecule has 0 bridgehead atoms. The average molecular weight is 248 g/mol. The molecule has 0 aliphatic carbocycles. The Morgan fingerprint density at radius 1 is 1.53 bits per heavy atom. The molecule has 15 heavy (non-hydrogen) atoms. The third-order valence-corrected chi connectivity index (χ3v) is 2.92. The number of halogens is 2. The van der Waals surface area contributed by atoms with Crippen molar-refractivity contribution in [3.8, 4) is 0 Å². The Bertz CT molecular complexity index is 373. The summed E-state index contributed by atoms with van der Waals surface area (Å²) in [5, 5.41) is 5.17. The molecule has 0 saturated heterocycles. The van der Waals surface area contributed by atoms with Crippen molar-refractivity contribution in [2.45, 2.75) is 13.1 Å². The number of aliphatic imine (C=N–C) groups is 2. The lowest BCUT2D eigenvalue weighted by Crippen LogP contribution is -2.42. The van der Waals surface area contributed by atoms with Crippen LogP contribution in [-0.4, -0.2) is 35.3 Å². The molecule has 0 aromatic carbocycles. The van der Waals surface area contributed by atoms with Gasteiger partial charge < -0.3 is 5.32 Å². The standard InChI is InChI=1S/C8H11Cl2N5/c1-4-14-6(9)5(7(10)15(4)11)8-12-2-3-13-8/h4H,2-3,11H2,1H3,(H,12,13). The summed E-state index contributed by atoms with van der Waals surface area (Å²) in [6.07, 6.45) is -0.254. The first-order valence-corrected chi connectivity index (χ1v) is 5.33. The van der Waals surface area contributed by atoms with E-state index < -0.39 is 0 Å². The zero-order chi connectivity index (χ0) is 11.0. The third kappa shape index (κ3) is 1.82. The van der Waals surface area contributed by atoms with Crippen LogP contribution >= 0.6 is 23.2 Å². The molecule has 0 fully saturated rings. The van der Waals surface area contributed by atoms with Crippen LogP contribution in [0.25, 0.3) is 0 Å². The topological polar surface area (TPSA) is 66.0 Å². The summed E-state index contributed by atoms with van der Waals surface area (Å²) >= 11 is 12.1. The molecular formula is C8H11Cl2N5. The Morgan fingerprint density at radius 2 is 2.27 bits per heavy atom. The highest BCUT2D eigenvalue weighted by molar-refractivity contribution is 6.73. The molecule has 7 heteroatoms. The van der Waals surface area contributed by atoms with Crippen LogP contribution in [0.3, 0.4) is 0 Å². The maximum Gasteiger partial charge on any atom is 0.140 e. The largest absolute Gasteiger partial charge is 0.368 e. The highest BCUT2D eigenvalue weighted by atomic mass is 35.5. The van der Waals surface area contributed by atoms with Crippen LogP contribution in [0.2, 0.25) is 0 Å². The van der Waals surface area contributed by atoms with Crippen molar-refractivity contribution < 1.29 is 0 Å². The lowest BCUT2D eigenvalue weighted by atomic mass is 10.2. The van der Waals surface area contributed by atoms with E-state index in [0.717, 1.165) is 6.54 Å². The zero-order valence-corrected chi connectivity index (χ0v) is 9.68. The van der Waals surface area contributed by atoms with Gasteiger partial charge in [-0.2, -0.15) is 0 Å². The fourth-order valence-electron chi connectivity index (χ4n) is 1.43. The number of amidine groups is 1. The van der Waals surface area contributed by atoms with Crippen LogP contribution in [0, 0.1) is 0 Å². The van der Waals surface area contributed by atoms with Gasteiger partial charge in [0.15, 0.2) is 0 Å². The Hall–Kier alpha value is -0.780. The Labute approximate surface area is 97.6 Å². The molecule has 5 nitrogen and oxygen atoms in total. The number of nitrogens with one attached hydrogen (secondary N) is 1. The molecule has 0 spiro atoms. The van der Waals surface area contributed by atoms with E-state index in [-0.39, 0.29) is 6.17 Å². The second-order valence-electron chi connectivity index (χ2n) is 3.28. The molecule has 2 aliphatic heterocycles. The van der Waals surface area contributed by atoms with Crippen molar-refractivity contribution >= 4 is 34.2 Å². The summed E-state index contributed by atoms with van der Waals surface area (Å²) in [7, 11) is 0. The molecule has 0 aromatic rings. The van der Waals surface area contributed by atoms with Gasteiger partial charge in [0, 0.05) is 6.54 Å². The first kappa shape index (κ1) is 10.7. The van der Waals surface area contributed by atoms with Crippen molar-refractivity contribution in [1.29, 1.82) is 0 Å². The minimum atomic E-state index is -0.254. The van der Waals surface area contributed by atoms with Gasteiger partial charge >= 0.3 is 0 Å². The van der Waals surface area contributed by atoms with Crippen molar-refractivity contribution in [2.24, 2.45) is 15.8 Å². The fourth-order valence-corrected chi connectivity index (χ4v) is 2.12. The molecule has 1 atom stereocenters. The summed E-state index contributed by atoms with van der Waals surface area (Å²) < 4.78 is 0. The van der Waals surface area contributed by atoms with Crippen molar-refractivity contribution in [3.63, 3.8) is 0 Å². The second kappa shape index (κ2) is 4.00. The quantitative estimate of drug-likeness (QED) is 0.527. The number of nitrogens with two attached hydrogens (primary N) is 1. The molecule has 0 radical (unpaired) electrons. The number of nitrogens with zero attached hydrogens (tertiary/aromatic N) is 3. The minimum Gasteiger partial charge on any atom is -0.368 e. The van der Waals surface area contributed by atoms with E-state index in [1.807, 2.05) is 6.92 Å². The van der Waals surface area contributed by atoms with E-state index >= 15 is 0 Å². The smallest absolute Gasteiger partial charge is 0.140 e. The minimum absolute atomic E-state index is 0.254. The Balaban J connectivity index is 2.40. The highest BCUT2D eigenvalue weighted by Gasteiger charge is 2.28. The maximum atomic E-state index is 6.10. The summed E-state index contributed by atoms with van der Waals surface area (Å²) in [4.78, 5) is 8.40. The lowest BCUT2D eigenvalue weighted by molar-refractivity contribution is 0.297. The van der Waals surface area contributed by atoms with E-state index in [1.54, 1.807) is 0 Å². The number of hydrogen-bond donors (Lipinski definition) is 2. The van der Waals surface area contributed by atoms with E-state index in [9.17, 15) is 0 Å². The fraction of sp³-hybridized carbons (Fsp3) is 0.500. The second-order valence-corrected chi connectivity index (χ2v) is 4.00. The van der Waals surface area contributed by atoms with Crippen molar-refractivity contribution in [2.75, 3.05) is 13.1 Å². The lowest BCUT2D eigenvalue weighted by Gasteiger charge is -2.28. The normalized spacial score (nSPS) is 26.4. The van der Waals surface area contributed by atoms with Crippen LogP contribution in [0.5, 0.6) is 0 Å². The van der Waals surface area contributed by atoms with Gasteiger partial charge in [0.05, 0.1) is 12.1 Å². The first-order chi connectivity index (χ1) is 7.11. The molecule has 0 saturated carbocycles. The first-order valence-electron chi connectivity index (χ1n) is 4.57. The van der Waals surface area contributed by atoms with Crippen LogP contribution < -0.4 is 11.2 Å². The van der Waals surface area contributed by atoms with Gasteiger partial charge in [-0.15, -0.1) is 0 Å². The predicted octanol–water partition coefficient (Wildman–Crippen LogP) is 0.611. The van der Waals surface area contributed by atoms with Crippen LogP contribution in [0.15, 0.2) is 20.7 Å². The third-order valence-electron chi connectivity index (χ3n) is 2.25. The average Bonchev–Trinajstić information content (AvgIpc) is 2.68. The number of rotatable bonds is 1. The molecule has 3 N–H and O–H groups in total. The van der Waals surface area contributed by atoms with Crippen LogP contribution in [-0.2, 0) is 0 Å². The van der Waals surface area contributed by atoms with E-state index in [1.165, 1.54) is 5.01 Å². The van der Waals surface area contributed by atoms with Crippen molar-refractivity contribution in [3.05, 3.63) is 10.7 Å². The molecule has 2 heterocycles. The zero-order valence-electron chi connectivity index (χ0n) is 8.17. The monoisotopic (exact) mass is 247 g/mol. The maximum absolute atomic E-state index is 6.10. The van der Waals surface area contributed by atoms with Gasteiger partial charge in [-0.25, -0.2) is 10.8 Å². The molecular weight excluding hydrogens is 237 g/mol. The van der Waals surface area contributed by atoms with E-state index in [4.69, 9.17) is 29.0 Å². The van der Waals surface area contributed by atoms with Crippen LogP contribution in [0.4, 0.5) is 0 Å².